The molecule has 1 aromatic carbocycles. The van der Waals surface area contributed by atoms with E-state index in [2.05, 4.69) is 17.4 Å². The first-order valence-corrected chi connectivity index (χ1v) is 7.05. The average molecular weight is 236 g/mol. The van der Waals surface area contributed by atoms with Crippen LogP contribution in [0.4, 0.5) is 5.69 Å². The molecule has 1 saturated heterocycles. The van der Waals surface area contributed by atoms with E-state index in [0.717, 1.165) is 11.7 Å². The van der Waals surface area contributed by atoms with Crippen LogP contribution in [0.2, 0.25) is 0 Å². The van der Waals surface area contributed by atoms with Crippen LogP contribution in [0, 0.1) is 0 Å². The van der Waals surface area contributed by atoms with Crippen molar-refractivity contribution >= 4 is 17.4 Å². The highest BCUT2D eigenvalue weighted by atomic mass is 32.2. The molecule has 2 nitrogen and oxygen atoms in total. The first kappa shape index (κ1) is 11.8. The fourth-order valence-electron chi connectivity index (χ4n) is 2.13. The molecule has 3 heteroatoms. The molecule has 1 unspecified atom stereocenters. The molecule has 0 amide bonds. The zero-order chi connectivity index (χ0) is 11.2. The van der Waals surface area contributed by atoms with Crippen molar-refractivity contribution in [3.05, 3.63) is 24.3 Å². The lowest BCUT2D eigenvalue weighted by atomic mass is 10.1. The fourth-order valence-corrected chi connectivity index (χ4v) is 3.07. The summed E-state index contributed by atoms with van der Waals surface area (Å²) in [6, 6.07) is 8.93. The lowest BCUT2D eigenvalue weighted by molar-refractivity contribution is 0.553. The van der Waals surface area contributed by atoms with E-state index in [4.69, 9.17) is 5.73 Å². The molecule has 0 bridgehead atoms. The molecule has 1 aliphatic rings. The van der Waals surface area contributed by atoms with E-state index in [-0.39, 0.29) is 0 Å². The third kappa shape index (κ3) is 3.72. The molecule has 3 N–H and O–H groups in total. The van der Waals surface area contributed by atoms with Gasteiger partial charge in [0.2, 0.25) is 0 Å². The van der Waals surface area contributed by atoms with E-state index in [1.54, 1.807) is 0 Å². The largest absolute Gasteiger partial charge is 0.399 e. The van der Waals surface area contributed by atoms with E-state index in [1.807, 2.05) is 23.9 Å². The maximum Gasteiger partial charge on any atom is 0.0325 e. The van der Waals surface area contributed by atoms with Crippen molar-refractivity contribution in [2.24, 2.45) is 0 Å². The van der Waals surface area contributed by atoms with Gasteiger partial charge >= 0.3 is 0 Å². The average Bonchev–Trinajstić information content (AvgIpc) is 2.77. The summed E-state index contributed by atoms with van der Waals surface area (Å²) in [4.78, 5) is 1.29. The Morgan fingerprint density at radius 1 is 1.44 bits per heavy atom. The van der Waals surface area contributed by atoms with Crippen molar-refractivity contribution in [3.8, 4) is 0 Å². The summed E-state index contributed by atoms with van der Waals surface area (Å²) in [5.41, 5.74) is 6.60. The van der Waals surface area contributed by atoms with Gasteiger partial charge in [-0.05, 0) is 56.2 Å². The van der Waals surface area contributed by atoms with Crippen molar-refractivity contribution in [1.82, 2.24) is 5.32 Å². The van der Waals surface area contributed by atoms with Gasteiger partial charge in [0.25, 0.3) is 0 Å². The van der Waals surface area contributed by atoms with Gasteiger partial charge in [-0.2, -0.15) is 0 Å². The maximum atomic E-state index is 5.74. The van der Waals surface area contributed by atoms with Crippen LogP contribution in [-0.2, 0) is 0 Å². The van der Waals surface area contributed by atoms with Crippen LogP contribution in [0.5, 0.6) is 0 Å². The van der Waals surface area contributed by atoms with Gasteiger partial charge in [0.1, 0.15) is 0 Å². The highest BCUT2D eigenvalue weighted by Crippen LogP contribution is 2.22. The molecule has 0 aromatic heterocycles. The third-order valence-electron chi connectivity index (χ3n) is 2.99. The first-order chi connectivity index (χ1) is 7.84. The van der Waals surface area contributed by atoms with Crippen molar-refractivity contribution in [2.75, 3.05) is 18.0 Å². The summed E-state index contributed by atoms with van der Waals surface area (Å²) < 4.78 is 0. The van der Waals surface area contributed by atoms with Crippen LogP contribution < -0.4 is 11.1 Å². The Morgan fingerprint density at radius 3 is 3.12 bits per heavy atom. The number of benzene rings is 1. The zero-order valence-electron chi connectivity index (χ0n) is 9.61. The second kappa shape index (κ2) is 6.16. The number of nitrogens with two attached hydrogens (primary N) is 1. The molecule has 0 saturated carbocycles. The van der Waals surface area contributed by atoms with Crippen molar-refractivity contribution in [1.29, 1.82) is 0 Å². The van der Waals surface area contributed by atoms with Crippen molar-refractivity contribution < 1.29 is 0 Å². The minimum Gasteiger partial charge on any atom is -0.399 e. The summed E-state index contributed by atoms with van der Waals surface area (Å²) in [6.45, 7) is 1.22. The topological polar surface area (TPSA) is 38.0 Å². The molecule has 1 fully saturated rings. The summed E-state index contributed by atoms with van der Waals surface area (Å²) in [5.74, 6) is 1.20. The minimum atomic E-state index is 0.779. The van der Waals surface area contributed by atoms with Gasteiger partial charge in [-0.1, -0.05) is 6.07 Å². The molecule has 88 valence electrons. The Hall–Kier alpha value is -0.670. The molecule has 2 rings (SSSR count). The van der Waals surface area contributed by atoms with Gasteiger partial charge < -0.3 is 11.1 Å². The molecule has 1 atom stereocenters. The smallest absolute Gasteiger partial charge is 0.0325 e. The monoisotopic (exact) mass is 236 g/mol. The van der Waals surface area contributed by atoms with Crippen LogP contribution in [0.25, 0.3) is 0 Å². The number of thioether (sulfide) groups is 1. The molecule has 0 spiro atoms. The highest BCUT2D eigenvalue weighted by molar-refractivity contribution is 7.99. The molecule has 16 heavy (non-hydrogen) atoms. The van der Waals surface area contributed by atoms with Gasteiger partial charge in [0.05, 0.1) is 0 Å². The molecule has 0 radical (unpaired) electrons. The summed E-state index contributed by atoms with van der Waals surface area (Å²) in [5, 5.41) is 3.54. The molecular weight excluding hydrogens is 216 g/mol. The van der Waals surface area contributed by atoms with E-state index in [0.29, 0.717) is 0 Å². The lowest BCUT2D eigenvalue weighted by Gasteiger charge is -2.09. The Morgan fingerprint density at radius 2 is 2.38 bits per heavy atom. The Labute approximate surface area is 102 Å². The van der Waals surface area contributed by atoms with Gasteiger partial charge in [-0.15, -0.1) is 11.8 Å². The molecular formula is C13H20N2S. The Balaban J connectivity index is 1.64. The third-order valence-corrected chi connectivity index (χ3v) is 4.07. The predicted molar refractivity (Wildman–Crippen MR) is 71.8 cm³/mol. The standard InChI is InChI=1S/C13H20N2S/c14-11-4-1-7-13(10-11)16-9-3-6-12-5-2-8-15-12/h1,4,7,10,12,15H,2-3,5-6,8-9,14H2. The number of nitrogen functional groups attached to an aromatic ring is 1. The van der Waals surface area contributed by atoms with Gasteiger partial charge in [0.15, 0.2) is 0 Å². The maximum absolute atomic E-state index is 5.74. The number of hydrogen-bond donors (Lipinski definition) is 2. The van der Waals surface area contributed by atoms with Crippen molar-refractivity contribution in [2.45, 2.75) is 36.6 Å². The normalized spacial score (nSPS) is 20.1. The molecule has 0 aliphatic carbocycles. The Bertz CT molecular complexity index is 321. The van der Waals surface area contributed by atoms with Gasteiger partial charge in [-0.3, -0.25) is 0 Å². The molecule has 1 aliphatic heterocycles. The van der Waals surface area contributed by atoms with Crippen LogP contribution in [0.3, 0.4) is 0 Å². The highest BCUT2D eigenvalue weighted by Gasteiger charge is 2.12. The number of anilines is 1. The second-order valence-electron chi connectivity index (χ2n) is 4.36. The van der Waals surface area contributed by atoms with E-state index < -0.39 is 0 Å². The second-order valence-corrected chi connectivity index (χ2v) is 5.52. The van der Waals surface area contributed by atoms with Crippen LogP contribution in [0.15, 0.2) is 29.2 Å². The summed E-state index contributed by atoms with van der Waals surface area (Å²) in [7, 11) is 0. The fraction of sp³-hybridized carbons (Fsp3) is 0.538. The number of hydrogen-bond acceptors (Lipinski definition) is 3. The summed E-state index contributed by atoms with van der Waals surface area (Å²) in [6.07, 6.45) is 5.32. The molecule has 1 heterocycles. The summed E-state index contributed by atoms with van der Waals surface area (Å²) >= 11 is 1.91. The van der Waals surface area contributed by atoms with Crippen LogP contribution in [0.1, 0.15) is 25.7 Å². The van der Waals surface area contributed by atoms with E-state index in [1.165, 1.54) is 42.9 Å². The Kier molecular flexibility index (Phi) is 4.55. The van der Waals surface area contributed by atoms with Crippen LogP contribution in [-0.4, -0.2) is 18.3 Å². The van der Waals surface area contributed by atoms with E-state index >= 15 is 0 Å². The van der Waals surface area contributed by atoms with Crippen LogP contribution >= 0.6 is 11.8 Å². The minimum absolute atomic E-state index is 0.779. The van der Waals surface area contributed by atoms with Gasteiger partial charge in [0, 0.05) is 16.6 Å². The quantitative estimate of drug-likeness (QED) is 0.469. The predicted octanol–water partition coefficient (Wildman–Crippen LogP) is 2.89. The molecule has 1 aromatic rings. The number of rotatable bonds is 5. The first-order valence-electron chi connectivity index (χ1n) is 6.06. The lowest BCUT2D eigenvalue weighted by Crippen LogP contribution is -2.20. The van der Waals surface area contributed by atoms with E-state index in [9.17, 15) is 0 Å². The SMILES string of the molecule is Nc1cccc(SCCCC2CCCN2)c1. The van der Waals surface area contributed by atoms with Gasteiger partial charge in [-0.25, -0.2) is 0 Å². The van der Waals surface area contributed by atoms with Crippen molar-refractivity contribution in [3.63, 3.8) is 0 Å². The zero-order valence-corrected chi connectivity index (χ0v) is 10.4. The number of nitrogens with one attached hydrogen (secondary N) is 1.